The molecule has 4 heteroatoms. The lowest BCUT2D eigenvalue weighted by atomic mass is 10.2. The lowest BCUT2D eigenvalue weighted by Crippen LogP contribution is -2.35. The molecule has 0 rings (SSSR count). The van der Waals surface area contributed by atoms with Gasteiger partial charge in [0.25, 0.3) is 0 Å². The van der Waals surface area contributed by atoms with Crippen molar-refractivity contribution in [1.29, 1.82) is 0 Å². The molecule has 0 spiro atoms. The molecule has 70 valence electrons. The Bertz CT molecular complexity index is 169. The van der Waals surface area contributed by atoms with E-state index in [1.807, 2.05) is 6.92 Å². The van der Waals surface area contributed by atoms with Crippen LogP contribution in [0.15, 0.2) is 11.8 Å². The highest BCUT2D eigenvalue weighted by molar-refractivity contribution is 5.88. The van der Waals surface area contributed by atoms with Gasteiger partial charge < -0.3 is 15.5 Å². The summed E-state index contributed by atoms with van der Waals surface area (Å²) in [5.74, 6) is -0.420. The van der Waals surface area contributed by atoms with Crippen molar-refractivity contribution in [3.8, 4) is 0 Å². The van der Waals surface area contributed by atoms with E-state index < -0.39 is 0 Å². The van der Waals surface area contributed by atoms with Crippen molar-refractivity contribution in [1.82, 2.24) is 5.32 Å². The Kier molecular flexibility index (Phi) is 5.12. The fourth-order valence-electron chi connectivity index (χ4n) is 0.709. The number of carbonyl (C=O) groups is 1. The smallest absolute Gasteiger partial charge is 0.247 e. The summed E-state index contributed by atoms with van der Waals surface area (Å²) in [5, 5.41) is 20.0. The van der Waals surface area contributed by atoms with Gasteiger partial charge >= 0.3 is 0 Å². The normalized spacial score (nSPS) is 14.1. The SMILES string of the molecule is CCC(CO)NC(=O)C=C(C)O. The summed E-state index contributed by atoms with van der Waals surface area (Å²) in [4.78, 5) is 10.9. The van der Waals surface area contributed by atoms with Crippen LogP contribution < -0.4 is 5.32 Å². The molecule has 1 atom stereocenters. The second-order valence-corrected chi connectivity index (χ2v) is 2.58. The molecule has 0 saturated carbocycles. The number of hydrogen-bond donors (Lipinski definition) is 3. The highest BCUT2D eigenvalue weighted by Crippen LogP contribution is 1.90. The van der Waals surface area contributed by atoms with Gasteiger partial charge in [-0.2, -0.15) is 0 Å². The predicted molar refractivity (Wildman–Crippen MR) is 45.7 cm³/mol. The third-order valence-electron chi connectivity index (χ3n) is 1.40. The molecule has 0 aromatic carbocycles. The van der Waals surface area contributed by atoms with Crippen molar-refractivity contribution < 1.29 is 15.0 Å². The zero-order valence-corrected chi connectivity index (χ0v) is 7.37. The number of aliphatic hydroxyl groups excluding tert-OH is 2. The molecule has 0 aliphatic heterocycles. The Balaban J connectivity index is 3.90. The van der Waals surface area contributed by atoms with Crippen LogP contribution in [-0.2, 0) is 4.79 Å². The van der Waals surface area contributed by atoms with Crippen LogP contribution in [0, 0.1) is 0 Å². The Morgan fingerprint density at radius 3 is 2.58 bits per heavy atom. The summed E-state index contributed by atoms with van der Waals surface area (Å²) in [7, 11) is 0. The summed E-state index contributed by atoms with van der Waals surface area (Å²) in [5.41, 5.74) is 0. The molecule has 0 fully saturated rings. The Labute approximate surface area is 71.9 Å². The number of carbonyl (C=O) groups excluding carboxylic acids is 1. The zero-order valence-electron chi connectivity index (χ0n) is 7.37. The van der Waals surface area contributed by atoms with E-state index in [2.05, 4.69) is 5.32 Å². The first-order chi connectivity index (χ1) is 5.60. The number of nitrogens with one attached hydrogen (secondary N) is 1. The Morgan fingerprint density at radius 2 is 2.25 bits per heavy atom. The van der Waals surface area contributed by atoms with Gasteiger partial charge in [-0.1, -0.05) is 6.92 Å². The van der Waals surface area contributed by atoms with E-state index in [-0.39, 0.29) is 24.3 Å². The molecule has 0 aliphatic rings. The van der Waals surface area contributed by atoms with Crippen molar-refractivity contribution in [2.75, 3.05) is 6.61 Å². The highest BCUT2D eigenvalue weighted by atomic mass is 16.3. The molecule has 0 bridgehead atoms. The third kappa shape index (κ3) is 4.73. The predicted octanol–water partition coefficient (Wildman–Crippen LogP) is 0.335. The first-order valence-electron chi connectivity index (χ1n) is 3.88. The van der Waals surface area contributed by atoms with E-state index in [9.17, 15) is 4.79 Å². The van der Waals surface area contributed by atoms with Gasteiger partial charge in [-0.3, -0.25) is 4.79 Å². The molecule has 12 heavy (non-hydrogen) atoms. The van der Waals surface area contributed by atoms with Gasteiger partial charge in [-0.05, 0) is 13.3 Å². The van der Waals surface area contributed by atoms with Gasteiger partial charge in [0, 0.05) is 6.08 Å². The summed E-state index contributed by atoms with van der Waals surface area (Å²) in [6, 6.07) is -0.229. The standard InChI is InChI=1S/C8H15NO3/c1-3-7(5-10)9-8(12)4-6(2)11/h4,7,10-11H,3,5H2,1-2H3,(H,9,12). The van der Waals surface area contributed by atoms with Gasteiger partial charge in [0.15, 0.2) is 0 Å². The molecule has 1 amide bonds. The van der Waals surface area contributed by atoms with Crippen LogP contribution in [0.5, 0.6) is 0 Å². The van der Waals surface area contributed by atoms with E-state index >= 15 is 0 Å². The maximum atomic E-state index is 10.9. The average molecular weight is 173 g/mol. The number of hydrogen-bond acceptors (Lipinski definition) is 3. The topological polar surface area (TPSA) is 69.6 Å². The summed E-state index contributed by atoms with van der Waals surface area (Å²) < 4.78 is 0. The highest BCUT2D eigenvalue weighted by Gasteiger charge is 2.06. The lowest BCUT2D eigenvalue weighted by Gasteiger charge is -2.11. The van der Waals surface area contributed by atoms with Gasteiger partial charge in [0.1, 0.15) is 0 Å². The van der Waals surface area contributed by atoms with Crippen molar-refractivity contribution in [3.05, 3.63) is 11.8 Å². The van der Waals surface area contributed by atoms with Gasteiger partial charge in [-0.25, -0.2) is 0 Å². The Hall–Kier alpha value is -1.03. The molecule has 0 aromatic rings. The van der Waals surface area contributed by atoms with Gasteiger partial charge in [-0.15, -0.1) is 0 Å². The molecular formula is C8H15NO3. The van der Waals surface area contributed by atoms with Crippen molar-refractivity contribution in [2.45, 2.75) is 26.3 Å². The molecule has 0 aliphatic carbocycles. The molecule has 4 nitrogen and oxygen atoms in total. The summed E-state index contributed by atoms with van der Waals surface area (Å²) in [6.45, 7) is 3.19. The molecular weight excluding hydrogens is 158 g/mol. The van der Waals surface area contributed by atoms with Crippen molar-refractivity contribution in [3.63, 3.8) is 0 Å². The molecule has 3 N–H and O–H groups in total. The summed E-state index contributed by atoms with van der Waals surface area (Å²) in [6.07, 6.45) is 1.75. The lowest BCUT2D eigenvalue weighted by molar-refractivity contribution is -0.117. The first-order valence-corrected chi connectivity index (χ1v) is 3.88. The number of amides is 1. The van der Waals surface area contributed by atoms with Crippen LogP contribution >= 0.6 is 0 Å². The van der Waals surface area contributed by atoms with Crippen molar-refractivity contribution in [2.24, 2.45) is 0 Å². The fourth-order valence-corrected chi connectivity index (χ4v) is 0.709. The van der Waals surface area contributed by atoms with E-state index in [4.69, 9.17) is 10.2 Å². The second-order valence-electron chi connectivity index (χ2n) is 2.58. The van der Waals surface area contributed by atoms with Crippen LogP contribution in [0.25, 0.3) is 0 Å². The van der Waals surface area contributed by atoms with Crippen molar-refractivity contribution >= 4 is 5.91 Å². The minimum absolute atomic E-state index is 0.0414. The largest absolute Gasteiger partial charge is 0.512 e. The van der Waals surface area contributed by atoms with Crippen LogP contribution in [0.4, 0.5) is 0 Å². The second kappa shape index (κ2) is 5.60. The minimum atomic E-state index is -0.379. The average Bonchev–Trinajstić information content (AvgIpc) is 1.98. The van der Waals surface area contributed by atoms with Crippen LogP contribution in [0.3, 0.4) is 0 Å². The third-order valence-corrected chi connectivity index (χ3v) is 1.40. The first kappa shape index (κ1) is 11.0. The molecule has 0 saturated heterocycles. The van der Waals surface area contributed by atoms with E-state index in [0.29, 0.717) is 6.42 Å². The van der Waals surface area contributed by atoms with Crippen LogP contribution in [-0.4, -0.2) is 28.8 Å². The van der Waals surface area contributed by atoms with E-state index in [0.717, 1.165) is 6.08 Å². The number of allylic oxidation sites excluding steroid dienone is 1. The van der Waals surface area contributed by atoms with E-state index in [1.165, 1.54) is 6.92 Å². The quantitative estimate of drug-likeness (QED) is 0.424. The minimum Gasteiger partial charge on any atom is -0.512 e. The van der Waals surface area contributed by atoms with Crippen LogP contribution in [0.1, 0.15) is 20.3 Å². The number of rotatable bonds is 4. The fraction of sp³-hybridized carbons (Fsp3) is 0.625. The molecule has 0 radical (unpaired) electrons. The van der Waals surface area contributed by atoms with Gasteiger partial charge in [0.2, 0.25) is 5.91 Å². The zero-order chi connectivity index (χ0) is 9.56. The molecule has 1 unspecified atom stereocenters. The number of aliphatic hydroxyl groups is 2. The van der Waals surface area contributed by atoms with E-state index in [1.54, 1.807) is 0 Å². The van der Waals surface area contributed by atoms with Crippen LogP contribution in [0.2, 0.25) is 0 Å². The molecule has 0 heterocycles. The maximum absolute atomic E-state index is 10.9. The monoisotopic (exact) mass is 173 g/mol. The summed E-state index contributed by atoms with van der Waals surface area (Å²) >= 11 is 0. The Morgan fingerprint density at radius 1 is 1.67 bits per heavy atom. The molecule has 0 aromatic heterocycles. The van der Waals surface area contributed by atoms with Gasteiger partial charge in [0.05, 0.1) is 18.4 Å². The maximum Gasteiger partial charge on any atom is 0.247 e.